The lowest BCUT2D eigenvalue weighted by molar-refractivity contribution is 0.641. The van der Waals surface area contributed by atoms with Gasteiger partial charge < -0.3 is 0 Å². The van der Waals surface area contributed by atoms with E-state index in [1.807, 2.05) is 12.1 Å². The van der Waals surface area contributed by atoms with Gasteiger partial charge >= 0.3 is 0 Å². The lowest BCUT2D eigenvalue weighted by atomic mass is 10.1. The number of aryl methyl sites for hydroxylation is 1. The van der Waals surface area contributed by atoms with E-state index in [9.17, 15) is 8.78 Å². The van der Waals surface area contributed by atoms with Gasteiger partial charge in [-0.2, -0.15) is 0 Å². The first-order valence-corrected chi connectivity index (χ1v) is 9.51. The van der Waals surface area contributed by atoms with E-state index in [1.165, 1.54) is 0 Å². The van der Waals surface area contributed by atoms with E-state index in [0.29, 0.717) is 5.56 Å². The van der Waals surface area contributed by atoms with Crippen molar-refractivity contribution in [2.75, 3.05) is 0 Å². The van der Waals surface area contributed by atoms with Crippen LogP contribution in [0.2, 0.25) is 19.6 Å². The Balaban J connectivity index is 3.01. The van der Waals surface area contributed by atoms with E-state index in [2.05, 4.69) is 6.92 Å². The standard InChI is InChI=1S/C14H20F2Si/c1-5-6-11-7-9-12(10-8-11)13(15)14(16)17(2,3)4/h7-10H,5-6H2,1-4H3. The van der Waals surface area contributed by atoms with Crippen molar-refractivity contribution < 1.29 is 8.78 Å². The fourth-order valence-corrected chi connectivity index (χ4v) is 2.37. The number of halogens is 2. The summed E-state index contributed by atoms with van der Waals surface area (Å²) >= 11 is 0. The van der Waals surface area contributed by atoms with Crippen molar-refractivity contribution in [2.45, 2.75) is 39.4 Å². The predicted octanol–water partition coefficient (Wildman–Crippen LogP) is 5.12. The minimum Gasteiger partial charge on any atom is -0.214 e. The summed E-state index contributed by atoms with van der Waals surface area (Å²) in [6, 6.07) is 7.08. The zero-order valence-corrected chi connectivity index (χ0v) is 12.0. The van der Waals surface area contributed by atoms with Crippen LogP contribution in [-0.4, -0.2) is 8.07 Å². The van der Waals surface area contributed by atoms with E-state index in [0.717, 1.165) is 18.4 Å². The summed E-state index contributed by atoms with van der Waals surface area (Å²) in [4.78, 5) is 0. The van der Waals surface area contributed by atoms with Crippen LogP contribution in [0.4, 0.5) is 8.78 Å². The fraction of sp³-hybridized carbons (Fsp3) is 0.429. The van der Waals surface area contributed by atoms with E-state index in [-0.39, 0.29) is 0 Å². The average Bonchev–Trinajstić information content (AvgIpc) is 2.27. The molecule has 0 N–H and O–H groups in total. The molecule has 0 amide bonds. The maximum Gasteiger partial charge on any atom is 0.156 e. The third-order valence-corrected chi connectivity index (χ3v) is 4.13. The van der Waals surface area contributed by atoms with Gasteiger partial charge in [-0.1, -0.05) is 57.3 Å². The van der Waals surface area contributed by atoms with Crippen LogP contribution in [0.3, 0.4) is 0 Å². The second kappa shape index (κ2) is 5.58. The van der Waals surface area contributed by atoms with Crippen molar-refractivity contribution in [1.82, 2.24) is 0 Å². The van der Waals surface area contributed by atoms with Crippen LogP contribution in [0.1, 0.15) is 24.5 Å². The molecule has 0 heterocycles. The molecule has 1 aromatic carbocycles. The molecular weight excluding hydrogens is 234 g/mol. The summed E-state index contributed by atoms with van der Waals surface area (Å²) in [6.07, 6.45) is 2.03. The molecule has 3 heteroatoms. The van der Waals surface area contributed by atoms with E-state index in [1.54, 1.807) is 31.8 Å². The topological polar surface area (TPSA) is 0 Å². The van der Waals surface area contributed by atoms with Crippen LogP contribution in [0, 0.1) is 0 Å². The summed E-state index contributed by atoms with van der Waals surface area (Å²) in [6.45, 7) is 7.49. The molecule has 0 spiro atoms. The minimum atomic E-state index is -2.20. The second-order valence-electron chi connectivity index (χ2n) is 5.32. The normalized spacial score (nSPS) is 13.5. The van der Waals surface area contributed by atoms with Gasteiger partial charge in [-0.25, -0.2) is 8.78 Å². The van der Waals surface area contributed by atoms with Crippen LogP contribution < -0.4 is 0 Å². The Labute approximate surface area is 103 Å². The highest BCUT2D eigenvalue weighted by molar-refractivity contribution is 6.83. The quantitative estimate of drug-likeness (QED) is 0.654. The predicted molar refractivity (Wildman–Crippen MR) is 72.9 cm³/mol. The molecule has 0 atom stereocenters. The maximum absolute atomic E-state index is 13.9. The summed E-state index contributed by atoms with van der Waals surface area (Å²) in [7, 11) is -2.20. The minimum absolute atomic E-state index is 0.352. The van der Waals surface area contributed by atoms with E-state index < -0.39 is 19.4 Å². The second-order valence-corrected chi connectivity index (χ2v) is 10.3. The Kier molecular flexibility index (Phi) is 4.63. The first kappa shape index (κ1) is 14.1. The Morgan fingerprint density at radius 3 is 2.00 bits per heavy atom. The first-order chi connectivity index (χ1) is 7.86. The summed E-state index contributed by atoms with van der Waals surface area (Å²) in [5.74, 6) is -0.688. The molecule has 0 radical (unpaired) electrons. The van der Waals surface area contributed by atoms with Crippen molar-refractivity contribution in [2.24, 2.45) is 0 Å². The highest BCUT2D eigenvalue weighted by Gasteiger charge is 2.25. The van der Waals surface area contributed by atoms with Gasteiger partial charge in [-0.15, -0.1) is 0 Å². The third kappa shape index (κ3) is 3.77. The molecule has 0 bridgehead atoms. The monoisotopic (exact) mass is 254 g/mol. The summed E-state index contributed by atoms with van der Waals surface area (Å²) in [5, 5.41) is 0. The molecule has 0 aliphatic carbocycles. The van der Waals surface area contributed by atoms with Gasteiger partial charge in [0.15, 0.2) is 5.83 Å². The molecule has 0 aliphatic heterocycles. The smallest absolute Gasteiger partial charge is 0.156 e. The van der Waals surface area contributed by atoms with Crippen LogP contribution in [-0.2, 0) is 6.42 Å². The molecule has 0 saturated heterocycles. The Bertz CT molecular complexity index is 399. The zero-order chi connectivity index (χ0) is 13.1. The SMILES string of the molecule is CCCc1ccc(C(F)=C(F)[Si](C)(C)C)cc1. The van der Waals surface area contributed by atoms with E-state index in [4.69, 9.17) is 0 Å². The van der Waals surface area contributed by atoms with Gasteiger partial charge in [-0.05, 0) is 12.0 Å². The first-order valence-electron chi connectivity index (χ1n) is 6.01. The van der Waals surface area contributed by atoms with Gasteiger partial charge in [0.1, 0.15) is 13.5 Å². The number of hydrogen-bond acceptors (Lipinski definition) is 0. The molecule has 0 fully saturated rings. The summed E-state index contributed by atoms with van der Waals surface area (Å²) < 4.78 is 27.7. The van der Waals surface area contributed by atoms with Gasteiger partial charge in [0.05, 0.1) is 0 Å². The maximum atomic E-state index is 13.9. The number of benzene rings is 1. The van der Waals surface area contributed by atoms with Gasteiger partial charge in [-0.3, -0.25) is 0 Å². The Morgan fingerprint density at radius 2 is 1.59 bits per heavy atom. The molecule has 0 saturated carbocycles. The van der Waals surface area contributed by atoms with Gasteiger partial charge in [0, 0.05) is 5.56 Å². The van der Waals surface area contributed by atoms with Crippen LogP contribution in [0.5, 0.6) is 0 Å². The molecule has 0 nitrogen and oxygen atoms in total. The molecule has 0 unspecified atom stereocenters. The van der Waals surface area contributed by atoms with Crippen LogP contribution in [0.15, 0.2) is 29.7 Å². The average molecular weight is 254 g/mol. The molecular formula is C14H20F2Si. The zero-order valence-electron chi connectivity index (χ0n) is 11.0. The third-order valence-electron chi connectivity index (χ3n) is 2.60. The van der Waals surface area contributed by atoms with Crippen molar-refractivity contribution in [3.05, 3.63) is 40.8 Å². The highest BCUT2D eigenvalue weighted by atomic mass is 28.3. The summed E-state index contributed by atoms with van der Waals surface area (Å²) in [5.41, 5.74) is 0.961. The van der Waals surface area contributed by atoms with Gasteiger partial charge in [0.2, 0.25) is 0 Å². The molecule has 1 aromatic rings. The number of hydrogen-bond donors (Lipinski definition) is 0. The van der Waals surface area contributed by atoms with Crippen LogP contribution in [0.25, 0.3) is 5.83 Å². The van der Waals surface area contributed by atoms with Crippen LogP contribution >= 0.6 is 0 Å². The molecule has 94 valence electrons. The molecule has 17 heavy (non-hydrogen) atoms. The number of rotatable bonds is 4. The lowest BCUT2D eigenvalue weighted by Gasteiger charge is -2.14. The molecule has 0 aliphatic rings. The molecule has 0 aromatic heterocycles. The lowest BCUT2D eigenvalue weighted by Crippen LogP contribution is -2.22. The Morgan fingerprint density at radius 1 is 1.06 bits per heavy atom. The Hall–Kier alpha value is -0.963. The molecule has 1 rings (SSSR count). The highest BCUT2D eigenvalue weighted by Crippen LogP contribution is 2.28. The van der Waals surface area contributed by atoms with Crippen molar-refractivity contribution in [3.63, 3.8) is 0 Å². The van der Waals surface area contributed by atoms with E-state index >= 15 is 0 Å². The largest absolute Gasteiger partial charge is 0.214 e. The van der Waals surface area contributed by atoms with Crippen molar-refractivity contribution in [3.8, 4) is 0 Å². The van der Waals surface area contributed by atoms with Gasteiger partial charge in [0.25, 0.3) is 0 Å². The fourth-order valence-electron chi connectivity index (χ4n) is 1.56. The van der Waals surface area contributed by atoms with Crippen molar-refractivity contribution in [1.29, 1.82) is 0 Å². The van der Waals surface area contributed by atoms with Crippen molar-refractivity contribution >= 4 is 13.9 Å².